The van der Waals surface area contributed by atoms with E-state index in [1.165, 1.54) is 12.1 Å². The van der Waals surface area contributed by atoms with E-state index < -0.39 is 11.8 Å². The van der Waals surface area contributed by atoms with E-state index >= 15 is 0 Å². The summed E-state index contributed by atoms with van der Waals surface area (Å²) >= 11 is 6.99. The van der Waals surface area contributed by atoms with Gasteiger partial charge in [0, 0.05) is 15.5 Å². The highest BCUT2D eigenvalue weighted by molar-refractivity contribution is 8.04. The quantitative estimate of drug-likeness (QED) is 0.425. The Bertz CT molecular complexity index is 953. The molecule has 0 heterocycles. The Balaban J connectivity index is 2.20. The highest BCUT2D eigenvalue weighted by Crippen LogP contribution is 2.37. The summed E-state index contributed by atoms with van der Waals surface area (Å²) in [6.07, 6.45) is 0. The molecule has 0 aliphatic heterocycles. The summed E-state index contributed by atoms with van der Waals surface area (Å²) in [5.41, 5.74) is 2.04. The van der Waals surface area contributed by atoms with Crippen LogP contribution in [-0.4, -0.2) is 11.1 Å². The van der Waals surface area contributed by atoms with Crippen molar-refractivity contribution in [2.75, 3.05) is 0 Å². The zero-order valence-corrected chi connectivity index (χ0v) is 15.1. The van der Waals surface area contributed by atoms with Crippen LogP contribution in [0.4, 0.5) is 4.39 Å². The van der Waals surface area contributed by atoms with Crippen molar-refractivity contribution in [2.24, 2.45) is 0 Å². The summed E-state index contributed by atoms with van der Waals surface area (Å²) in [4.78, 5) is 12.7. The third-order valence-corrected chi connectivity index (χ3v) is 4.96. The molecular weight excluding hydrogens is 371 g/mol. The summed E-state index contributed by atoms with van der Waals surface area (Å²) in [5.74, 6) is -1.49. The molecule has 3 aromatic rings. The lowest BCUT2D eigenvalue weighted by Crippen LogP contribution is -2.03. The predicted octanol–water partition coefficient (Wildman–Crippen LogP) is 6.12. The van der Waals surface area contributed by atoms with Crippen molar-refractivity contribution in [2.45, 2.75) is 4.90 Å². The van der Waals surface area contributed by atoms with E-state index in [1.807, 2.05) is 30.3 Å². The zero-order chi connectivity index (χ0) is 18.5. The number of hydrogen-bond acceptors (Lipinski definition) is 2. The van der Waals surface area contributed by atoms with Crippen molar-refractivity contribution >= 4 is 34.9 Å². The fourth-order valence-electron chi connectivity index (χ4n) is 2.50. The molecule has 0 aliphatic rings. The van der Waals surface area contributed by atoms with E-state index in [2.05, 4.69) is 0 Å². The SMILES string of the molecule is O=C(O)/C(Sc1cccc(F)c1)=C(/c1ccccc1)c1ccc(Cl)cc1. The van der Waals surface area contributed by atoms with Gasteiger partial charge in [0.05, 0.1) is 0 Å². The lowest BCUT2D eigenvalue weighted by Gasteiger charge is -2.14. The number of aliphatic carboxylic acids is 1. The molecule has 0 amide bonds. The van der Waals surface area contributed by atoms with Gasteiger partial charge in [0.25, 0.3) is 0 Å². The Morgan fingerprint density at radius 2 is 1.54 bits per heavy atom. The second-order valence-corrected chi connectivity index (χ2v) is 6.96. The third kappa shape index (κ3) is 4.34. The summed E-state index contributed by atoms with van der Waals surface area (Å²) in [6.45, 7) is 0. The molecule has 0 fully saturated rings. The number of hydrogen-bond donors (Lipinski definition) is 1. The minimum Gasteiger partial charge on any atom is -0.477 e. The van der Waals surface area contributed by atoms with Gasteiger partial charge in [-0.3, -0.25) is 0 Å². The molecule has 130 valence electrons. The van der Waals surface area contributed by atoms with Crippen LogP contribution in [0, 0.1) is 5.82 Å². The van der Waals surface area contributed by atoms with Gasteiger partial charge in [0.1, 0.15) is 10.7 Å². The van der Waals surface area contributed by atoms with E-state index in [9.17, 15) is 14.3 Å². The minimum atomic E-state index is -1.08. The van der Waals surface area contributed by atoms with Crippen molar-refractivity contribution in [3.8, 4) is 0 Å². The number of benzene rings is 3. The molecule has 1 N–H and O–H groups in total. The first-order valence-corrected chi connectivity index (χ1v) is 8.96. The fourth-order valence-corrected chi connectivity index (χ4v) is 3.61. The maximum Gasteiger partial charge on any atom is 0.343 e. The first-order valence-electron chi connectivity index (χ1n) is 7.77. The van der Waals surface area contributed by atoms with Gasteiger partial charge in [0.2, 0.25) is 0 Å². The van der Waals surface area contributed by atoms with E-state index in [0.29, 0.717) is 15.5 Å². The molecule has 5 heteroatoms. The van der Waals surface area contributed by atoms with Crippen molar-refractivity contribution in [1.29, 1.82) is 0 Å². The third-order valence-electron chi connectivity index (χ3n) is 3.63. The van der Waals surface area contributed by atoms with Crippen LogP contribution < -0.4 is 0 Å². The maximum atomic E-state index is 13.5. The standard InChI is InChI=1S/C21H14ClFO2S/c22-16-11-9-15(10-12-16)19(14-5-2-1-3-6-14)20(21(24)25)26-18-8-4-7-17(23)13-18/h1-13H,(H,24,25)/b20-19+. The molecule has 0 aromatic heterocycles. The maximum absolute atomic E-state index is 13.5. The largest absolute Gasteiger partial charge is 0.477 e. The Hall–Kier alpha value is -2.56. The zero-order valence-electron chi connectivity index (χ0n) is 13.5. The summed E-state index contributed by atoms with van der Waals surface area (Å²) in [6, 6.07) is 22.1. The molecule has 0 spiro atoms. The van der Waals surface area contributed by atoms with Gasteiger partial charge in [-0.1, -0.05) is 71.9 Å². The number of carboxylic acid groups (broad SMARTS) is 1. The molecular formula is C21H14ClFO2S. The summed E-state index contributed by atoms with van der Waals surface area (Å²) in [7, 11) is 0. The highest BCUT2D eigenvalue weighted by Gasteiger charge is 2.19. The van der Waals surface area contributed by atoms with Crippen LogP contribution in [0.5, 0.6) is 0 Å². The number of rotatable bonds is 5. The average Bonchev–Trinajstić information content (AvgIpc) is 2.63. The lowest BCUT2D eigenvalue weighted by molar-refractivity contribution is -0.131. The number of carboxylic acids is 1. The van der Waals surface area contributed by atoms with Crippen LogP contribution in [0.3, 0.4) is 0 Å². The smallest absolute Gasteiger partial charge is 0.343 e. The van der Waals surface area contributed by atoms with Crippen LogP contribution in [-0.2, 0) is 4.79 Å². The normalized spacial score (nSPS) is 11.8. The Morgan fingerprint density at radius 3 is 2.15 bits per heavy atom. The Kier molecular flexibility index (Phi) is 5.76. The van der Waals surface area contributed by atoms with Crippen molar-refractivity contribution < 1.29 is 14.3 Å². The monoisotopic (exact) mass is 384 g/mol. The summed E-state index contributed by atoms with van der Waals surface area (Å²) in [5, 5.41) is 10.4. The van der Waals surface area contributed by atoms with E-state index in [0.717, 1.165) is 22.9 Å². The second-order valence-electron chi connectivity index (χ2n) is 5.44. The molecule has 0 bridgehead atoms. The van der Waals surface area contributed by atoms with E-state index in [1.54, 1.807) is 36.4 Å². The van der Waals surface area contributed by atoms with Gasteiger partial charge in [-0.05, 0) is 41.5 Å². The number of halogens is 2. The molecule has 0 atom stereocenters. The summed E-state index contributed by atoms with van der Waals surface area (Å²) < 4.78 is 13.5. The molecule has 0 radical (unpaired) electrons. The predicted molar refractivity (Wildman–Crippen MR) is 104 cm³/mol. The van der Waals surface area contributed by atoms with Crippen LogP contribution >= 0.6 is 23.4 Å². The van der Waals surface area contributed by atoms with Crippen LogP contribution in [0.1, 0.15) is 11.1 Å². The van der Waals surface area contributed by atoms with Crippen molar-refractivity contribution in [1.82, 2.24) is 0 Å². The first kappa shape index (κ1) is 18.2. The first-order chi connectivity index (χ1) is 12.5. The van der Waals surface area contributed by atoms with E-state index in [-0.39, 0.29) is 4.91 Å². The molecule has 3 rings (SSSR count). The molecule has 2 nitrogen and oxygen atoms in total. The van der Waals surface area contributed by atoms with Gasteiger partial charge < -0.3 is 5.11 Å². The van der Waals surface area contributed by atoms with E-state index in [4.69, 9.17) is 11.6 Å². The highest BCUT2D eigenvalue weighted by atomic mass is 35.5. The number of carbonyl (C=O) groups is 1. The van der Waals surface area contributed by atoms with Crippen molar-refractivity contribution in [3.05, 3.63) is 106 Å². The van der Waals surface area contributed by atoms with Gasteiger partial charge in [-0.15, -0.1) is 0 Å². The van der Waals surface area contributed by atoms with Crippen LogP contribution in [0.15, 0.2) is 88.7 Å². The minimum absolute atomic E-state index is 0.115. The molecule has 0 saturated carbocycles. The van der Waals surface area contributed by atoms with Gasteiger partial charge in [0.15, 0.2) is 0 Å². The molecule has 26 heavy (non-hydrogen) atoms. The molecule has 3 aromatic carbocycles. The van der Waals surface area contributed by atoms with Gasteiger partial charge in [-0.2, -0.15) is 0 Å². The Labute approximate surface area is 159 Å². The fraction of sp³-hybridized carbons (Fsp3) is 0. The lowest BCUT2D eigenvalue weighted by atomic mass is 9.97. The van der Waals surface area contributed by atoms with Crippen molar-refractivity contribution in [3.63, 3.8) is 0 Å². The number of thioether (sulfide) groups is 1. The molecule has 0 unspecified atom stereocenters. The topological polar surface area (TPSA) is 37.3 Å². The average molecular weight is 385 g/mol. The second kappa shape index (κ2) is 8.21. The van der Waals surface area contributed by atoms with Crippen LogP contribution in [0.25, 0.3) is 5.57 Å². The molecule has 0 saturated heterocycles. The van der Waals surface area contributed by atoms with Crippen LogP contribution in [0.2, 0.25) is 5.02 Å². The Morgan fingerprint density at radius 1 is 0.885 bits per heavy atom. The molecule has 0 aliphatic carbocycles. The van der Waals surface area contributed by atoms with Gasteiger partial charge in [-0.25, -0.2) is 9.18 Å². The van der Waals surface area contributed by atoms with Gasteiger partial charge >= 0.3 is 5.97 Å².